The molecule has 0 bridgehead atoms. The van der Waals surface area contributed by atoms with Crippen molar-refractivity contribution in [3.63, 3.8) is 0 Å². The molecular formula is C14H22N2O2. The van der Waals surface area contributed by atoms with Crippen LogP contribution in [0, 0.1) is 20.8 Å². The molecule has 0 spiro atoms. The summed E-state index contributed by atoms with van der Waals surface area (Å²) in [6.07, 6.45) is 0.386. The third-order valence-electron chi connectivity index (χ3n) is 3.16. The van der Waals surface area contributed by atoms with Crippen molar-refractivity contribution >= 4 is 5.91 Å². The SMILES string of the molecule is COc1c(C)cc(CC(=O)NCCN)c(C)c1C. The number of methoxy groups -OCH3 is 1. The Morgan fingerprint density at radius 3 is 2.56 bits per heavy atom. The monoisotopic (exact) mass is 250 g/mol. The number of rotatable bonds is 5. The van der Waals surface area contributed by atoms with Crippen LogP contribution in [0.25, 0.3) is 0 Å². The Bertz CT molecular complexity index is 442. The van der Waals surface area contributed by atoms with Gasteiger partial charge < -0.3 is 15.8 Å². The van der Waals surface area contributed by atoms with Gasteiger partial charge in [-0.2, -0.15) is 0 Å². The molecule has 100 valence electrons. The van der Waals surface area contributed by atoms with Gasteiger partial charge in [0.1, 0.15) is 5.75 Å². The predicted molar refractivity (Wildman–Crippen MR) is 73.0 cm³/mol. The van der Waals surface area contributed by atoms with Gasteiger partial charge in [0, 0.05) is 13.1 Å². The Morgan fingerprint density at radius 2 is 2.00 bits per heavy atom. The zero-order chi connectivity index (χ0) is 13.7. The molecule has 0 unspecified atom stereocenters. The highest BCUT2D eigenvalue weighted by Crippen LogP contribution is 2.28. The van der Waals surface area contributed by atoms with Crippen LogP contribution in [0.5, 0.6) is 5.75 Å². The van der Waals surface area contributed by atoms with E-state index in [1.165, 1.54) is 0 Å². The molecule has 0 heterocycles. The Balaban J connectivity index is 2.94. The highest BCUT2D eigenvalue weighted by molar-refractivity contribution is 5.79. The Hall–Kier alpha value is -1.55. The number of benzene rings is 1. The normalized spacial score (nSPS) is 10.3. The van der Waals surface area contributed by atoms with E-state index < -0.39 is 0 Å². The number of carbonyl (C=O) groups excluding carboxylic acids is 1. The highest BCUT2D eigenvalue weighted by Gasteiger charge is 2.12. The van der Waals surface area contributed by atoms with Crippen molar-refractivity contribution in [1.29, 1.82) is 0 Å². The minimum absolute atomic E-state index is 0.00696. The standard InChI is InChI=1S/C14H22N2O2/c1-9-7-12(8-13(17)16-6-5-15)10(2)11(3)14(9)18-4/h7H,5-6,8,15H2,1-4H3,(H,16,17). The van der Waals surface area contributed by atoms with E-state index in [4.69, 9.17) is 10.5 Å². The largest absolute Gasteiger partial charge is 0.496 e. The van der Waals surface area contributed by atoms with Crippen LogP contribution in [0.15, 0.2) is 6.07 Å². The van der Waals surface area contributed by atoms with Crippen LogP contribution in [0.4, 0.5) is 0 Å². The van der Waals surface area contributed by atoms with Crippen molar-refractivity contribution in [3.8, 4) is 5.75 Å². The molecule has 0 fully saturated rings. The maximum Gasteiger partial charge on any atom is 0.224 e. The van der Waals surface area contributed by atoms with Gasteiger partial charge in [-0.3, -0.25) is 4.79 Å². The maximum absolute atomic E-state index is 11.7. The van der Waals surface area contributed by atoms with Gasteiger partial charge in [0.2, 0.25) is 5.91 Å². The summed E-state index contributed by atoms with van der Waals surface area (Å²) in [6.45, 7) is 7.01. The second-order valence-electron chi connectivity index (χ2n) is 4.45. The lowest BCUT2D eigenvalue weighted by molar-refractivity contribution is -0.120. The van der Waals surface area contributed by atoms with Gasteiger partial charge in [0.15, 0.2) is 0 Å². The number of ether oxygens (including phenoxy) is 1. The quantitative estimate of drug-likeness (QED) is 0.826. The Kier molecular flexibility index (Phi) is 5.16. The number of carbonyl (C=O) groups is 1. The molecular weight excluding hydrogens is 228 g/mol. The molecule has 0 aromatic heterocycles. The summed E-state index contributed by atoms with van der Waals surface area (Å²) < 4.78 is 5.36. The predicted octanol–water partition coefficient (Wildman–Crippen LogP) is 1.24. The van der Waals surface area contributed by atoms with E-state index in [0.717, 1.165) is 28.0 Å². The van der Waals surface area contributed by atoms with Gasteiger partial charge in [-0.15, -0.1) is 0 Å². The molecule has 0 saturated heterocycles. The van der Waals surface area contributed by atoms with Gasteiger partial charge in [-0.05, 0) is 43.0 Å². The molecule has 1 aromatic carbocycles. The fourth-order valence-corrected chi connectivity index (χ4v) is 2.09. The van der Waals surface area contributed by atoms with Gasteiger partial charge >= 0.3 is 0 Å². The second kappa shape index (κ2) is 6.40. The molecule has 18 heavy (non-hydrogen) atoms. The van der Waals surface area contributed by atoms with Crippen molar-refractivity contribution in [2.75, 3.05) is 20.2 Å². The number of nitrogens with two attached hydrogens (primary N) is 1. The van der Waals surface area contributed by atoms with Crippen molar-refractivity contribution in [2.45, 2.75) is 27.2 Å². The van der Waals surface area contributed by atoms with E-state index in [1.54, 1.807) is 7.11 Å². The summed E-state index contributed by atoms with van der Waals surface area (Å²) >= 11 is 0. The van der Waals surface area contributed by atoms with E-state index in [0.29, 0.717) is 19.5 Å². The fourth-order valence-electron chi connectivity index (χ4n) is 2.09. The summed E-state index contributed by atoms with van der Waals surface area (Å²) in [5.41, 5.74) is 9.66. The summed E-state index contributed by atoms with van der Waals surface area (Å²) in [7, 11) is 1.67. The molecule has 1 rings (SSSR count). The first-order valence-electron chi connectivity index (χ1n) is 6.11. The number of aryl methyl sites for hydroxylation is 1. The van der Waals surface area contributed by atoms with Gasteiger partial charge in [0.25, 0.3) is 0 Å². The third kappa shape index (κ3) is 3.23. The first-order chi connectivity index (χ1) is 8.51. The van der Waals surface area contributed by atoms with Gasteiger partial charge in [-0.25, -0.2) is 0 Å². The molecule has 1 amide bonds. The highest BCUT2D eigenvalue weighted by atomic mass is 16.5. The average molecular weight is 250 g/mol. The van der Waals surface area contributed by atoms with E-state index >= 15 is 0 Å². The van der Waals surface area contributed by atoms with Crippen molar-refractivity contribution in [3.05, 3.63) is 28.3 Å². The Morgan fingerprint density at radius 1 is 1.33 bits per heavy atom. The minimum atomic E-state index is 0.00696. The lowest BCUT2D eigenvalue weighted by atomic mass is 9.96. The van der Waals surface area contributed by atoms with Crippen LogP contribution >= 0.6 is 0 Å². The molecule has 1 aromatic rings. The summed E-state index contributed by atoms with van der Waals surface area (Å²) in [6, 6.07) is 2.02. The number of amides is 1. The van der Waals surface area contributed by atoms with Crippen LogP contribution in [-0.2, 0) is 11.2 Å². The molecule has 0 aliphatic rings. The topological polar surface area (TPSA) is 64.3 Å². The smallest absolute Gasteiger partial charge is 0.224 e. The molecule has 0 atom stereocenters. The summed E-state index contributed by atoms with van der Waals surface area (Å²) in [5, 5.41) is 2.78. The molecule has 0 saturated carbocycles. The van der Waals surface area contributed by atoms with Crippen LogP contribution in [0.1, 0.15) is 22.3 Å². The Labute approximate surface area is 109 Å². The summed E-state index contributed by atoms with van der Waals surface area (Å²) in [4.78, 5) is 11.7. The van der Waals surface area contributed by atoms with Crippen LogP contribution < -0.4 is 15.8 Å². The lowest BCUT2D eigenvalue weighted by Crippen LogP contribution is -2.30. The first-order valence-corrected chi connectivity index (χ1v) is 6.11. The second-order valence-corrected chi connectivity index (χ2v) is 4.45. The molecule has 0 radical (unpaired) electrons. The molecule has 0 aliphatic heterocycles. The van der Waals surface area contributed by atoms with E-state index in [-0.39, 0.29) is 5.91 Å². The first kappa shape index (κ1) is 14.5. The van der Waals surface area contributed by atoms with Crippen LogP contribution in [-0.4, -0.2) is 26.1 Å². The maximum atomic E-state index is 11.7. The van der Waals surface area contributed by atoms with Crippen molar-refractivity contribution in [2.24, 2.45) is 5.73 Å². The van der Waals surface area contributed by atoms with Crippen LogP contribution in [0.3, 0.4) is 0 Å². The van der Waals surface area contributed by atoms with Crippen LogP contribution in [0.2, 0.25) is 0 Å². The molecule has 4 nitrogen and oxygen atoms in total. The van der Waals surface area contributed by atoms with Gasteiger partial charge in [-0.1, -0.05) is 6.07 Å². The van der Waals surface area contributed by atoms with E-state index in [1.807, 2.05) is 26.8 Å². The zero-order valence-electron chi connectivity index (χ0n) is 11.6. The molecule has 4 heteroatoms. The lowest BCUT2D eigenvalue weighted by Gasteiger charge is -2.15. The minimum Gasteiger partial charge on any atom is -0.496 e. The van der Waals surface area contributed by atoms with E-state index in [2.05, 4.69) is 5.32 Å². The number of hydrogen-bond acceptors (Lipinski definition) is 3. The summed E-state index contributed by atoms with van der Waals surface area (Å²) in [5.74, 6) is 0.908. The average Bonchev–Trinajstić information content (AvgIpc) is 2.33. The fraction of sp³-hybridized carbons (Fsp3) is 0.500. The van der Waals surface area contributed by atoms with Gasteiger partial charge in [0.05, 0.1) is 13.5 Å². The van der Waals surface area contributed by atoms with Crippen molar-refractivity contribution < 1.29 is 9.53 Å². The zero-order valence-corrected chi connectivity index (χ0v) is 11.6. The third-order valence-corrected chi connectivity index (χ3v) is 3.16. The van der Waals surface area contributed by atoms with Crippen molar-refractivity contribution in [1.82, 2.24) is 5.32 Å². The molecule has 3 N–H and O–H groups in total. The molecule has 0 aliphatic carbocycles. The number of hydrogen-bond donors (Lipinski definition) is 2. The number of nitrogens with one attached hydrogen (secondary N) is 1. The van der Waals surface area contributed by atoms with E-state index in [9.17, 15) is 4.79 Å².